The highest BCUT2D eigenvalue weighted by Crippen LogP contribution is 2.26. The Hall–Kier alpha value is -0.820. The molecular weight excluding hydrogens is 360 g/mol. The molecule has 0 aromatic heterocycles. The number of hydrogen-bond acceptors (Lipinski definition) is 4. The van der Waals surface area contributed by atoms with Crippen LogP contribution in [0.5, 0.6) is 0 Å². The van der Waals surface area contributed by atoms with Crippen molar-refractivity contribution in [2.24, 2.45) is 0 Å². The third kappa shape index (κ3) is 4.85. The maximum absolute atomic E-state index is 11.1. The molecule has 0 radical (unpaired) electrons. The molecule has 21 heavy (non-hydrogen) atoms. The molecule has 0 saturated heterocycles. The Morgan fingerprint density at radius 1 is 1.43 bits per heavy atom. The van der Waals surface area contributed by atoms with Gasteiger partial charge in [0.2, 0.25) is 0 Å². The van der Waals surface area contributed by atoms with Crippen molar-refractivity contribution in [3.05, 3.63) is 27.7 Å². The number of aromatic carboxylic acids is 1. The minimum absolute atomic E-state index is 0. The standard InChI is InChI=1S/C14H19BrN2O3.ClH/c15-12-5-8(14(19)20)4-9(13(12)16)7-17-10-2-1-3-11(18)6-10;/h4-5,10-11,17-18H,1-3,6-7,16H2,(H,19,20);1H/t10-,11+;/m1./s1. The molecule has 0 bridgehead atoms. The summed E-state index contributed by atoms with van der Waals surface area (Å²) in [6.45, 7) is 0.503. The predicted octanol–water partition coefficient (Wildman–Crippen LogP) is 2.54. The zero-order chi connectivity index (χ0) is 14.7. The summed E-state index contributed by atoms with van der Waals surface area (Å²) in [5.41, 5.74) is 7.50. The lowest BCUT2D eigenvalue weighted by molar-refractivity contribution is 0.0696. The molecule has 1 aliphatic rings. The van der Waals surface area contributed by atoms with Crippen LogP contribution in [0, 0.1) is 0 Å². The second-order valence-corrected chi connectivity index (χ2v) is 6.09. The van der Waals surface area contributed by atoms with Crippen LogP contribution in [0.1, 0.15) is 41.6 Å². The first-order valence-corrected chi connectivity index (χ1v) is 7.49. The summed E-state index contributed by atoms with van der Waals surface area (Å²) >= 11 is 3.28. The maximum Gasteiger partial charge on any atom is 0.335 e. The number of nitrogens with two attached hydrogens (primary N) is 1. The Morgan fingerprint density at radius 3 is 2.76 bits per heavy atom. The van der Waals surface area contributed by atoms with Crippen LogP contribution in [-0.2, 0) is 6.54 Å². The Bertz CT molecular complexity index is 513. The minimum Gasteiger partial charge on any atom is -0.478 e. The number of aliphatic hydroxyl groups excluding tert-OH is 1. The van der Waals surface area contributed by atoms with Crippen LogP contribution in [0.2, 0.25) is 0 Å². The molecule has 0 amide bonds. The Labute approximate surface area is 138 Å². The van der Waals surface area contributed by atoms with Crippen molar-refractivity contribution in [1.29, 1.82) is 0 Å². The maximum atomic E-state index is 11.1. The normalized spacial score (nSPS) is 21.6. The van der Waals surface area contributed by atoms with Gasteiger partial charge in [0, 0.05) is 17.1 Å². The van der Waals surface area contributed by atoms with Crippen LogP contribution >= 0.6 is 28.3 Å². The molecular formula is C14H20BrClN2O3. The molecule has 0 heterocycles. The van der Waals surface area contributed by atoms with Crippen molar-refractivity contribution in [2.75, 3.05) is 5.73 Å². The molecule has 2 atom stereocenters. The summed E-state index contributed by atoms with van der Waals surface area (Å²) in [6.07, 6.45) is 3.39. The highest BCUT2D eigenvalue weighted by Gasteiger charge is 2.20. The predicted molar refractivity (Wildman–Crippen MR) is 87.9 cm³/mol. The number of benzene rings is 1. The summed E-state index contributed by atoms with van der Waals surface area (Å²) in [4.78, 5) is 11.1. The summed E-state index contributed by atoms with van der Waals surface area (Å²) in [5, 5.41) is 22.1. The largest absolute Gasteiger partial charge is 0.478 e. The van der Waals surface area contributed by atoms with Gasteiger partial charge in [0.1, 0.15) is 0 Å². The van der Waals surface area contributed by atoms with Gasteiger partial charge < -0.3 is 21.3 Å². The summed E-state index contributed by atoms with van der Waals surface area (Å²) in [7, 11) is 0. The van der Waals surface area contributed by atoms with Crippen LogP contribution in [0.3, 0.4) is 0 Å². The average Bonchev–Trinajstić information content (AvgIpc) is 2.40. The summed E-state index contributed by atoms with van der Waals surface area (Å²) in [6, 6.07) is 3.35. The fourth-order valence-electron chi connectivity index (χ4n) is 2.55. The molecule has 7 heteroatoms. The fraction of sp³-hybridized carbons (Fsp3) is 0.500. The van der Waals surface area contributed by atoms with Gasteiger partial charge in [-0.05, 0) is 59.3 Å². The zero-order valence-electron chi connectivity index (χ0n) is 11.5. The van der Waals surface area contributed by atoms with Crippen molar-refractivity contribution < 1.29 is 15.0 Å². The van der Waals surface area contributed by atoms with Gasteiger partial charge in [0.05, 0.1) is 17.4 Å². The Kier molecular flexibility index (Phi) is 6.93. The first kappa shape index (κ1) is 18.2. The van der Waals surface area contributed by atoms with Crippen molar-refractivity contribution in [2.45, 2.75) is 44.4 Å². The number of aliphatic hydroxyl groups is 1. The van der Waals surface area contributed by atoms with E-state index in [-0.39, 0.29) is 30.1 Å². The van der Waals surface area contributed by atoms with E-state index in [4.69, 9.17) is 10.8 Å². The minimum atomic E-state index is -0.972. The van der Waals surface area contributed by atoms with Crippen LogP contribution in [0.4, 0.5) is 5.69 Å². The van der Waals surface area contributed by atoms with E-state index >= 15 is 0 Å². The third-order valence-electron chi connectivity index (χ3n) is 3.69. The SMILES string of the molecule is Cl.Nc1c(Br)cc(C(=O)O)cc1CN[C@@H]1CCC[C@H](O)C1. The first-order valence-electron chi connectivity index (χ1n) is 6.70. The van der Waals surface area contributed by atoms with Crippen molar-refractivity contribution in [1.82, 2.24) is 5.32 Å². The van der Waals surface area contributed by atoms with Gasteiger partial charge >= 0.3 is 5.97 Å². The third-order valence-corrected chi connectivity index (χ3v) is 4.35. The van der Waals surface area contributed by atoms with Crippen molar-refractivity contribution >= 4 is 40.0 Å². The van der Waals surface area contributed by atoms with E-state index in [1.165, 1.54) is 6.07 Å². The molecule has 1 aliphatic carbocycles. The van der Waals surface area contributed by atoms with Crippen LogP contribution < -0.4 is 11.1 Å². The molecule has 1 saturated carbocycles. The summed E-state index contributed by atoms with van der Waals surface area (Å²) in [5.74, 6) is -0.972. The number of nitrogen functional groups attached to an aromatic ring is 1. The zero-order valence-corrected chi connectivity index (χ0v) is 13.9. The number of halogens is 2. The molecule has 5 nitrogen and oxygen atoms in total. The summed E-state index contributed by atoms with van der Waals surface area (Å²) < 4.78 is 0.595. The highest BCUT2D eigenvalue weighted by atomic mass is 79.9. The molecule has 5 N–H and O–H groups in total. The Morgan fingerprint density at radius 2 is 2.14 bits per heavy atom. The molecule has 0 spiro atoms. The van der Waals surface area contributed by atoms with Gasteiger partial charge in [-0.15, -0.1) is 12.4 Å². The van der Waals surface area contributed by atoms with Gasteiger partial charge in [0.25, 0.3) is 0 Å². The molecule has 1 aromatic carbocycles. The van der Waals surface area contributed by atoms with E-state index in [0.29, 0.717) is 16.7 Å². The van der Waals surface area contributed by atoms with E-state index in [9.17, 15) is 9.90 Å². The second kappa shape index (κ2) is 7.98. The molecule has 2 rings (SSSR count). The number of carbonyl (C=O) groups is 1. The number of anilines is 1. The van der Waals surface area contributed by atoms with E-state index in [1.54, 1.807) is 6.07 Å². The van der Waals surface area contributed by atoms with Gasteiger partial charge in [-0.1, -0.05) is 0 Å². The second-order valence-electron chi connectivity index (χ2n) is 5.23. The molecule has 118 valence electrons. The number of carboxylic acid groups (broad SMARTS) is 1. The monoisotopic (exact) mass is 378 g/mol. The lowest BCUT2D eigenvalue weighted by Crippen LogP contribution is -2.35. The smallest absolute Gasteiger partial charge is 0.335 e. The highest BCUT2D eigenvalue weighted by molar-refractivity contribution is 9.10. The lowest BCUT2D eigenvalue weighted by atomic mass is 9.93. The first-order chi connectivity index (χ1) is 9.47. The lowest BCUT2D eigenvalue weighted by Gasteiger charge is -2.27. The number of carboxylic acids is 1. The van der Waals surface area contributed by atoms with Crippen LogP contribution in [0.15, 0.2) is 16.6 Å². The van der Waals surface area contributed by atoms with E-state index < -0.39 is 5.97 Å². The number of hydrogen-bond donors (Lipinski definition) is 4. The van der Waals surface area contributed by atoms with Crippen LogP contribution in [-0.4, -0.2) is 28.3 Å². The van der Waals surface area contributed by atoms with Gasteiger partial charge in [-0.2, -0.15) is 0 Å². The van der Waals surface area contributed by atoms with Crippen molar-refractivity contribution in [3.8, 4) is 0 Å². The van der Waals surface area contributed by atoms with Gasteiger partial charge in [-0.3, -0.25) is 0 Å². The molecule has 1 aromatic rings. The average molecular weight is 380 g/mol. The van der Waals surface area contributed by atoms with Crippen molar-refractivity contribution in [3.63, 3.8) is 0 Å². The topological polar surface area (TPSA) is 95.6 Å². The molecule has 1 fully saturated rings. The van der Waals surface area contributed by atoms with Gasteiger partial charge in [-0.25, -0.2) is 4.79 Å². The van der Waals surface area contributed by atoms with Crippen LogP contribution in [0.25, 0.3) is 0 Å². The quantitative estimate of drug-likeness (QED) is 0.603. The van der Waals surface area contributed by atoms with E-state index in [2.05, 4.69) is 21.2 Å². The van der Waals surface area contributed by atoms with E-state index in [0.717, 1.165) is 31.2 Å². The molecule has 0 aliphatic heterocycles. The molecule has 0 unspecified atom stereocenters. The Balaban J connectivity index is 0.00000220. The van der Waals surface area contributed by atoms with E-state index in [1.807, 2.05) is 0 Å². The van der Waals surface area contributed by atoms with Gasteiger partial charge in [0.15, 0.2) is 0 Å². The fourth-order valence-corrected chi connectivity index (χ4v) is 3.05. The number of rotatable bonds is 4. The number of nitrogens with one attached hydrogen (secondary N) is 1.